The minimum absolute atomic E-state index is 0.378. The molecule has 1 spiro atoms. The number of rotatable bonds is 5. The van der Waals surface area contributed by atoms with Gasteiger partial charge in [0.05, 0.1) is 0 Å². The van der Waals surface area contributed by atoms with Crippen LogP contribution in [-0.4, -0.2) is 30.9 Å². The van der Waals surface area contributed by atoms with Crippen molar-refractivity contribution >= 4 is 19.4 Å². The fourth-order valence-corrected chi connectivity index (χ4v) is 7.32. The van der Waals surface area contributed by atoms with Gasteiger partial charge in [0.25, 0.3) is 0 Å². The summed E-state index contributed by atoms with van der Waals surface area (Å²) >= 11 is 0.571. The molecule has 1 saturated heterocycles. The minimum atomic E-state index is 0.378. The average Bonchev–Trinajstić information content (AvgIpc) is 2.67. The Balaban J connectivity index is 1.51. The molecule has 0 aromatic heterocycles. The first-order valence-corrected chi connectivity index (χ1v) is 11.8. The van der Waals surface area contributed by atoms with E-state index in [2.05, 4.69) is 72.5 Å². The number of nitrogens with zero attached hydrogens (tertiary/aromatic N) is 1. The Morgan fingerprint density at radius 3 is 2.20 bits per heavy atom. The molecule has 0 radical (unpaired) electrons. The maximum atomic E-state index is 2.90. The van der Waals surface area contributed by atoms with Gasteiger partial charge in [-0.2, -0.15) is 0 Å². The second kappa shape index (κ2) is 7.27. The molecule has 2 aromatic carbocycles. The number of hydrogen-bond acceptors (Lipinski definition) is 1. The Morgan fingerprint density at radius 1 is 0.880 bits per heavy atom. The van der Waals surface area contributed by atoms with Crippen molar-refractivity contribution in [2.24, 2.45) is 0 Å². The van der Waals surface area contributed by atoms with E-state index in [9.17, 15) is 0 Å². The van der Waals surface area contributed by atoms with Gasteiger partial charge in [-0.05, 0) is 0 Å². The van der Waals surface area contributed by atoms with Gasteiger partial charge in [0.2, 0.25) is 0 Å². The predicted octanol–water partition coefficient (Wildman–Crippen LogP) is 4.80. The van der Waals surface area contributed by atoms with E-state index < -0.39 is 0 Å². The van der Waals surface area contributed by atoms with Crippen LogP contribution in [-0.2, 0) is 6.54 Å². The first-order valence-electron chi connectivity index (χ1n) is 9.70. The summed E-state index contributed by atoms with van der Waals surface area (Å²) in [6.45, 7) is 3.66. The van der Waals surface area contributed by atoms with Gasteiger partial charge in [-0.25, -0.2) is 0 Å². The van der Waals surface area contributed by atoms with Crippen LogP contribution in [0.15, 0.2) is 60.7 Å². The quantitative estimate of drug-likeness (QED) is 0.654. The molecule has 2 fully saturated rings. The Labute approximate surface area is 159 Å². The van der Waals surface area contributed by atoms with E-state index in [0.29, 0.717) is 26.0 Å². The van der Waals surface area contributed by atoms with Gasteiger partial charge in [0.15, 0.2) is 0 Å². The monoisotopic (exact) mass is 399 g/mol. The van der Waals surface area contributed by atoms with Crippen molar-refractivity contribution in [1.29, 1.82) is 0 Å². The van der Waals surface area contributed by atoms with Gasteiger partial charge in [-0.1, -0.05) is 0 Å². The van der Waals surface area contributed by atoms with Crippen molar-refractivity contribution in [2.45, 2.75) is 68.4 Å². The summed E-state index contributed by atoms with van der Waals surface area (Å²) in [5.74, 6) is 0. The van der Waals surface area contributed by atoms with Gasteiger partial charge < -0.3 is 0 Å². The second-order valence-electron chi connectivity index (χ2n) is 8.13. The zero-order chi connectivity index (χ0) is 17.2. The van der Waals surface area contributed by atoms with E-state index in [-0.39, 0.29) is 0 Å². The molecule has 0 bridgehead atoms. The van der Waals surface area contributed by atoms with Gasteiger partial charge in [0.1, 0.15) is 0 Å². The third kappa shape index (κ3) is 3.58. The standard InChI is InChI=1S/C23H29NSe/c1-22(19-25-21-13-7-3-8-14-21)18-23(15-9-4-10-16-23)24(22)17-20-11-5-2-6-12-20/h2-3,5-8,11-14H,4,9-10,15-19H2,1H3/t22-/m0/s1. The Hall–Kier alpha value is -1.08. The molecule has 2 aromatic rings. The summed E-state index contributed by atoms with van der Waals surface area (Å²) in [6.07, 6.45) is 8.50. The zero-order valence-electron chi connectivity index (χ0n) is 15.3. The Bertz CT molecular complexity index is 678. The van der Waals surface area contributed by atoms with Gasteiger partial charge in [-0.3, -0.25) is 0 Å². The topological polar surface area (TPSA) is 3.24 Å². The van der Waals surface area contributed by atoms with Crippen molar-refractivity contribution in [1.82, 2.24) is 4.90 Å². The summed E-state index contributed by atoms with van der Waals surface area (Å²) in [5, 5.41) is 1.33. The van der Waals surface area contributed by atoms with Crippen molar-refractivity contribution in [3.8, 4) is 0 Å². The molecule has 0 N–H and O–H groups in total. The van der Waals surface area contributed by atoms with E-state index in [4.69, 9.17) is 0 Å². The van der Waals surface area contributed by atoms with E-state index in [1.165, 1.54) is 49.4 Å². The van der Waals surface area contributed by atoms with Crippen LogP contribution in [0.5, 0.6) is 0 Å². The molecular weight excluding hydrogens is 369 g/mol. The summed E-state index contributed by atoms with van der Waals surface area (Å²) < 4.78 is 1.54. The van der Waals surface area contributed by atoms with Crippen LogP contribution in [0.3, 0.4) is 0 Å². The second-order valence-corrected chi connectivity index (χ2v) is 10.3. The Morgan fingerprint density at radius 2 is 1.52 bits per heavy atom. The SMILES string of the molecule is C[C@@]1(C[Se]c2ccccc2)CC2(CCCCC2)N1Cc1ccccc1. The summed E-state index contributed by atoms with van der Waals surface area (Å²) in [5.41, 5.74) is 2.35. The van der Waals surface area contributed by atoms with E-state index in [1.807, 2.05) is 0 Å². The number of likely N-dealkylation sites (tertiary alicyclic amines) is 1. The van der Waals surface area contributed by atoms with Crippen LogP contribution in [0.25, 0.3) is 0 Å². The molecular formula is C23H29NSe. The van der Waals surface area contributed by atoms with Gasteiger partial charge in [0, 0.05) is 0 Å². The van der Waals surface area contributed by atoms with Crippen LogP contribution in [0.2, 0.25) is 5.32 Å². The molecule has 1 aliphatic carbocycles. The summed E-state index contributed by atoms with van der Waals surface area (Å²) in [4.78, 5) is 2.90. The van der Waals surface area contributed by atoms with E-state index >= 15 is 0 Å². The zero-order valence-corrected chi connectivity index (χ0v) is 17.0. The van der Waals surface area contributed by atoms with Crippen molar-refractivity contribution < 1.29 is 0 Å². The maximum absolute atomic E-state index is 2.90. The van der Waals surface area contributed by atoms with Gasteiger partial charge >= 0.3 is 159 Å². The molecule has 132 valence electrons. The van der Waals surface area contributed by atoms with E-state index in [1.54, 1.807) is 4.46 Å². The van der Waals surface area contributed by atoms with Crippen molar-refractivity contribution in [3.05, 3.63) is 66.2 Å². The molecule has 2 aliphatic rings. The molecule has 2 heteroatoms. The van der Waals surface area contributed by atoms with Crippen LogP contribution in [0.4, 0.5) is 0 Å². The van der Waals surface area contributed by atoms with Crippen molar-refractivity contribution in [3.63, 3.8) is 0 Å². The van der Waals surface area contributed by atoms with Crippen LogP contribution in [0.1, 0.15) is 51.0 Å². The molecule has 1 atom stereocenters. The normalized spacial score (nSPS) is 25.6. The molecule has 1 nitrogen and oxygen atoms in total. The molecule has 0 unspecified atom stereocenters. The fraction of sp³-hybridized carbons (Fsp3) is 0.478. The molecule has 1 saturated carbocycles. The number of benzene rings is 2. The first-order chi connectivity index (χ1) is 12.2. The summed E-state index contributed by atoms with van der Waals surface area (Å²) in [7, 11) is 0. The molecule has 25 heavy (non-hydrogen) atoms. The molecule has 0 amide bonds. The predicted molar refractivity (Wildman–Crippen MR) is 107 cm³/mol. The average molecular weight is 398 g/mol. The molecule has 1 aliphatic heterocycles. The fourth-order valence-electron chi connectivity index (χ4n) is 5.05. The summed E-state index contributed by atoms with van der Waals surface area (Å²) in [6, 6.07) is 22.2. The van der Waals surface area contributed by atoms with Crippen LogP contribution < -0.4 is 4.46 Å². The first kappa shape index (κ1) is 17.3. The van der Waals surface area contributed by atoms with Gasteiger partial charge in [-0.15, -0.1) is 0 Å². The third-order valence-corrected chi connectivity index (χ3v) is 9.07. The van der Waals surface area contributed by atoms with Crippen molar-refractivity contribution in [2.75, 3.05) is 0 Å². The molecule has 4 rings (SSSR count). The molecule has 1 heterocycles. The Kier molecular flexibility index (Phi) is 5.04. The van der Waals surface area contributed by atoms with E-state index in [0.717, 1.165) is 6.54 Å². The third-order valence-electron chi connectivity index (χ3n) is 6.19. The van der Waals surface area contributed by atoms with Crippen LogP contribution >= 0.6 is 0 Å². The van der Waals surface area contributed by atoms with Crippen LogP contribution in [0, 0.1) is 0 Å². The number of hydrogen-bond donors (Lipinski definition) is 0.